The fourth-order valence-electron chi connectivity index (χ4n) is 1.69. The molecule has 0 aliphatic heterocycles. The number of aliphatic hydroxyl groups excluding tert-OH is 1. The molecule has 0 atom stereocenters. The van der Waals surface area contributed by atoms with E-state index in [4.69, 9.17) is 5.26 Å². The van der Waals surface area contributed by atoms with Crippen LogP contribution < -0.4 is 0 Å². The monoisotopic (exact) mass is 333 g/mol. The van der Waals surface area contributed by atoms with E-state index in [2.05, 4.69) is 4.98 Å². The Balaban J connectivity index is 2.61. The summed E-state index contributed by atoms with van der Waals surface area (Å²) >= 11 is 1.11. The van der Waals surface area contributed by atoms with E-state index in [1.165, 1.54) is 17.0 Å². The van der Waals surface area contributed by atoms with Crippen LogP contribution in [-0.4, -0.2) is 31.0 Å². The Morgan fingerprint density at radius 1 is 1.39 bits per heavy atom. The summed E-state index contributed by atoms with van der Waals surface area (Å²) < 4.78 is 0. The summed E-state index contributed by atoms with van der Waals surface area (Å²) in [6.45, 7) is 0. The molecule has 0 unspecified atom stereocenters. The number of nitro groups is 1. The molecule has 0 saturated heterocycles. The third kappa shape index (κ3) is 2.94. The van der Waals surface area contributed by atoms with Crippen molar-refractivity contribution in [2.45, 2.75) is 0 Å². The molecule has 0 bridgehead atoms. The maximum Gasteiger partial charge on any atom is 0.315 e. The molecule has 9 nitrogen and oxygen atoms in total. The number of rotatable bonds is 4. The quantitative estimate of drug-likeness (QED) is 0.146. The Morgan fingerprint density at radius 3 is 2.61 bits per heavy atom. The van der Waals surface area contributed by atoms with Crippen molar-refractivity contribution in [1.82, 2.24) is 4.98 Å². The van der Waals surface area contributed by atoms with Gasteiger partial charge in [-0.1, -0.05) is 0 Å². The highest BCUT2D eigenvalue weighted by Crippen LogP contribution is 2.38. The van der Waals surface area contributed by atoms with Gasteiger partial charge in [0.15, 0.2) is 5.75 Å². The predicted octanol–water partition coefficient (Wildman–Crippen LogP) is 2.14. The van der Waals surface area contributed by atoms with Gasteiger partial charge in [0.25, 0.3) is 0 Å². The molecule has 1 aromatic carbocycles. The molecule has 0 fully saturated rings. The first-order valence-electron chi connectivity index (χ1n) is 5.83. The molecule has 10 heteroatoms. The first kappa shape index (κ1) is 15.9. The van der Waals surface area contributed by atoms with E-state index in [1.807, 2.05) is 0 Å². The molecule has 0 saturated carbocycles. The molecule has 2 aromatic rings. The molecule has 1 heterocycles. The van der Waals surface area contributed by atoms with Gasteiger partial charge in [-0.15, -0.1) is 11.3 Å². The van der Waals surface area contributed by atoms with Crippen LogP contribution in [0.15, 0.2) is 28.6 Å². The Hall–Kier alpha value is -3.45. The molecular weight excluding hydrogens is 326 g/mol. The lowest BCUT2D eigenvalue weighted by Gasteiger charge is -2.06. The maximum absolute atomic E-state index is 12.1. The first-order chi connectivity index (χ1) is 10.9. The molecule has 0 amide bonds. The minimum Gasteiger partial charge on any atom is -0.506 e. The zero-order valence-corrected chi connectivity index (χ0v) is 11.9. The number of hydrogen-bond acceptors (Lipinski definition) is 9. The molecule has 0 radical (unpaired) electrons. The van der Waals surface area contributed by atoms with Crippen LogP contribution in [-0.2, 0) is 0 Å². The van der Waals surface area contributed by atoms with Crippen molar-refractivity contribution in [3.63, 3.8) is 0 Å². The number of aliphatic hydroxyl groups is 1. The molecule has 0 aliphatic rings. The lowest BCUT2D eigenvalue weighted by Crippen LogP contribution is -2.05. The highest BCUT2D eigenvalue weighted by molar-refractivity contribution is 7.07. The Morgan fingerprint density at radius 2 is 2.09 bits per heavy atom. The number of phenolic OH excluding ortho intramolecular Hbond substituents is 2. The van der Waals surface area contributed by atoms with Crippen LogP contribution in [0.1, 0.15) is 16.1 Å². The molecule has 23 heavy (non-hydrogen) atoms. The Labute approximate surface area is 132 Å². The van der Waals surface area contributed by atoms with Gasteiger partial charge in [-0.05, 0) is 6.07 Å². The number of nitriles is 1. The van der Waals surface area contributed by atoms with E-state index < -0.39 is 39.2 Å². The summed E-state index contributed by atoms with van der Waals surface area (Å²) in [6.07, 6.45) is 0. The first-order valence-corrected chi connectivity index (χ1v) is 6.78. The van der Waals surface area contributed by atoms with Crippen molar-refractivity contribution in [3.05, 3.63) is 50.0 Å². The second-order valence-corrected chi connectivity index (χ2v) is 4.88. The molecule has 0 aliphatic carbocycles. The van der Waals surface area contributed by atoms with Crippen molar-refractivity contribution < 1.29 is 25.0 Å². The average molecular weight is 333 g/mol. The largest absolute Gasteiger partial charge is 0.506 e. The van der Waals surface area contributed by atoms with E-state index in [0.717, 1.165) is 23.5 Å². The standard InChI is InChI=1S/C13H7N3O6S/c14-3-7(12(19)8-4-23-5-15-8)11(18)6-1-9(16(21)22)13(20)10(17)2-6/h1-2,4-5,17-18,20H/b11-7-. The Kier molecular flexibility index (Phi) is 4.24. The third-order valence-electron chi connectivity index (χ3n) is 2.78. The zero-order chi connectivity index (χ0) is 17.1. The lowest BCUT2D eigenvalue weighted by molar-refractivity contribution is -0.386. The molecule has 0 spiro atoms. The number of nitrogens with zero attached hydrogens (tertiary/aromatic N) is 3. The van der Waals surface area contributed by atoms with Crippen molar-refractivity contribution in [1.29, 1.82) is 5.26 Å². The minimum absolute atomic E-state index is 0.0735. The highest BCUT2D eigenvalue weighted by atomic mass is 32.1. The van der Waals surface area contributed by atoms with E-state index in [1.54, 1.807) is 0 Å². The van der Waals surface area contributed by atoms with Crippen LogP contribution in [0.25, 0.3) is 5.76 Å². The van der Waals surface area contributed by atoms with Gasteiger partial charge in [-0.25, -0.2) is 4.98 Å². The van der Waals surface area contributed by atoms with Gasteiger partial charge >= 0.3 is 5.69 Å². The van der Waals surface area contributed by atoms with E-state index in [-0.39, 0.29) is 11.3 Å². The number of ketones is 1. The third-order valence-corrected chi connectivity index (χ3v) is 3.37. The summed E-state index contributed by atoms with van der Waals surface area (Å²) in [5.41, 5.74) is -0.667. The van der Waals surface area contributed by atoms with Gasteiger partial charge in [0, 0.05) is 17.0 Å². The van der Waals surface area contributed by atoms with Crippen LogP contribution in [0.2, 0.25) is 0 Å². The summed E-state index contributed by atoms with van der Waals surface area (Å²) in [6, 6.07) is 3.03. The number of nitro benzene ring substituents is 1. The number of benzene rings is 1. The Bertz CT molecular complexity index is 867. The van der Waals surface area contributed by atoms with Crippen LogP contribution >= 0.6 is 11.3 Å². The number of aromatic nitrogens is 1. The van der Waals surface area contributed by atoms with Crippen LogP contribution in [0.5, 0.6) is 11.5 Å². The second-order valence-electron chi connectivity index (χ2n) is 4.16. The predicted molar refractivity (Wildman–Crippen MR) is 78.0 cm³/mol. The number of Topliss-reactive ketones (excluding diaryl/α,β-unsaturated/α-hetero) is 1. The lowest BCUT2D eigenvalue weighted by atomic mass is 10.0. The summed E-state index contributed by atoms with van der Waals surface area (Å²) in [5, 5.41) is 50.2. The topological polar surface area (TPSA) is 158 Å². The maximum atomic E-state index is 12.1. The van der Waals surface area contributed by atoms with E-state index >= 15 is 0 Å². The SMILES string of the molecule is N#C/C(C(=O)c1cscn1)=C(/O)c1cc(O)c(O)c([N+](=O)[O-])c1. The average Bonchev–Trinajstić information content (AvgIpc) is 3.04. The molecular formula is C13H7N3O6S. The number of hydrogen-bond donors (Lipinski definition) is 3. The number of carbonyl (C=O) groups is 1. The number of aromatic hydroxyl groups is 2. The number of carbonyl (C=O) groups excluding carboxylic acids is 1. The number of allylic oxidation sites excluding steroid dienone is 1. The highest BCUT2D eigenvalue weighted by Gasteiger charge is 2.24. The van der Waals surface area contributed by atoms with Gasteiger partial charge in [-0.2, -0.15) is 5.26 Å². The van der Waals surface area contributed by atoms with Crippen molar-refractivity contribution in [2.75, 3.05) is 0 Å². The fraction of sp³-hybridized carbons (Fsp3) is 0. The van der Waals surface area contributed by atoms with Gasteiger partial charge in [0.05, 0.1) is 10.4 Å². The summed E-state index contributed by atoms with van der Waals surface area (Å²) in [7, 11) is 0. The van der Waals surface area contributed by atoms with E-state index in [0.29, 0.717) is 0 Å². The normalized spacial score (nSPS) is 11.4. The van der Waals surface area contributed by atoms with Crippen molar-refractivity contribution in [3.8, 4) is 17.6 Å². The van der Waals surface area contributed by atoms with Crippen molar-refractivity contribution >= 4 is 28.6 Å². The fourth-order valence-corrected chi connectivity index (χ4v) is 2.22. The van der Waals surface area contributed by atoms with Crippen LogP contribution in [0, 0.1) is 21.4 Å². The van der Waals surface area contributed by atoms with Crippen molar-refractivity contribution in [2.24, 2.45) is 0 Å². The van der Waals surface area contributed by atoms with E-state index in [9.17, 15) is 30.2 Å². The van der Waals surface area contributed by atoms with Crippen LogP contribution in [0.3, 0.4) is 0 Å². The molecule has 2 rings (SSSR count). The summed E-state index contributed by atoms with van der Waals surface area (Å²) in [4.78, 5) is 25.6. The zero-order valence-electron chi connectivity index (χ0n) is 11.1. The molecule has 3 N–H and O–H groups in total. The second kappa shape index (κ2) is 6.12. The van der Waals surface area contributed by atoms with Gasteiger partial charge in [0.1, 0.15) is 23.1 Å². The summed E-state index contributed by atoms with van der Waals surface area (Å²) in [5.74, 6) is -3.61. The number of phenols is 2. The van der Waals surface area contributed by atoms with Gasteiger partial charge < -0.3 is 15.3 Å². The smallest absolute Gasteiger partial charge is 0.315 e. The number of thiazole rings is 1. The molecule has 116 valence electrons. The minimum atomic E-state index is -0.990. The van der Waals surface area contributed by atoms with Gasteiger partial charge in [-0.3, -0.25) is 14.9 Å². The van der Waals surface area contributed by atoms with Crippen LogP contribution in [0.4, 0.5) is 5.69 Å². The van der Waals surface area contributed by atoms with Gasteiger partial charge in [0.2, 0.25) is 11.5 Å². The molecule has 1 aromatic heterocycles.